The van der Waals surface area contributed by atoms with Crippen LogP contribution >= 0.6 is 0 Å². The van der Waals surface area contributed by atoms with Gasteiger partial charge in [-0.25, -0.2) is 9.97 Å². The van der Waals surface area contributed by atoms with E-state index in [0.717, 1.165) is 51.5 Å². The van der Waals surface area contributed by atoms with Gasteiger partial charge < -0.3 is 15.0 Å². The van der Waals surface area contributed by atoms with Crippen LogP contribution in [-0.4, -0.2) is 48.2 Å². The Morgan fingerprint density at radius 3 is 3.11 bits per heavy atom. The summed E-state index contributed by atoms with van der Waals surface area (Å²) in [4.78, 5) is 11.8. The minimum atomic E-state index is 0.0317. The van der Waals surface area contributed by atoms with Gasteiger partial charge in [0, 0.05) is 43.9 Å². The van der Waals surface area contributed by atoms with E-state index < -0.39 is 0 Å². The van der Waals surface area contributed by atoms with Crippen molar-refractivity contribution in [2.45, 2.75) is 32.4 Å². The highest BCUT2D eigenvalue weighted by atomic mass is 16.5. The molecule has 0 aromatic carbocycles. The molecule has 1 saturated heterocycles. The number of aryl methyl sites for hydroxylation is 1. The van der Waals surface area contributed by atoms with E-state index in [1.54, 1.807) is 0 Å². The van der Waals surface area contributed by atoms with E-state index in [9.17, 15) is 0 Å². The second kappa shape index (κ2) is 5.53. The van der Waals surface area contributed by atoms with Crippen molar-refractivity contribution < 1.29 is 4.74 Å². The van der Waals surface area contributed by atoms with Crippen LogP contribution in [0.2, 0.25) is 0 Å². The second-order valence-electron chi connectivity index (χ2n) is 5.36. The molecule has 1 atom stereocenters. The smallest absolute Gasteiger partial charge is 0.158 e. The summed E-state index contributed by atoms with van der Waals surface area (Å²) >= 11 is 0. The van der Waals surface area contributed by atoms with Crippen molar-refractivity contribution in [2.75, 3.05) is 33.3 Å². The van der Waals surface area contributed by atoms with Gasteiger partial charge in [-0.1, -0.05) is 6.92 Å². The number of fused-ring (bicyclic) bond motifs is 1. The molecule has 1 N–H and O–H groups in total. The lowest BCUT2D eigenvalue weighted by Gasteiger charge is -2.30. The van der Waals surface area contributed by atoms with E-state index in [-0.39, 0.29) is 6.10 Å². The van der Waals surface area contributed by atoms with Crippen molar-refractivity contribution >= 4 is 0 Å². The average molecular weight is 262 g/mol. The van der Waals surface area contributed by atoms with Gasteiger partial charge in [0.05, 0.1) is 12.3 Å². The lowest BCUT2D eigenvalue weighted by atomic mass is 10.0. The molecule has 0 saturated carbocycles. The third-order valence-electron chi connectivity index (χ3n) is 3.93. The maximum Gasteiger partial charge on any atom is 0.158 e. The molecular weight excluding hydrogens is 240 g/mol. The number of rotatable bonds is 2. The molecule has 1 aromatic heterocycles. The fourth-order valence-electron chi connectivity index (χ4n) is 2.80. The van der Waals surface area contributed by atoms with Gasteiger partial charge in [-0.05, 0) is 13.5 Å². The first-order valence-electron chi connectivity index (χ1n) is 7.17. The van der Waals surface area contributed by atoms with E-state index >= 15 is 0 Å². The molecule has 1 aromatic rings. The fraction of sp³-hybridized carbons (Fsp3) is 0.714. The minimum absolute atomic E-state index is 0.0317. The molecule has 2 aliphatic heterocycles. The van der Waals surface area contributed by atoms with E-state index in [2.05, 4.69) is 24.2 Å². The van der Waals surface area contributed by atoms with Crippen molar-refractivity contribution in [1.82, 2.24) is 20.2 Å². The molecule has 0 spiro atoms. The summed E-state index contributed by atoms with van der Waals surface area (Å²) in [6.45, 7) is 6.73. The summed E-state index contributed by atoms with van der Waals surface area (Å²) in [7, 11) is 2.12. The van der Waals surface area contributed by atoms with Crippen LogP contribution in [0.15, 0.2) is 0 Å². The monoisotopic (exact) mass is 262 g/mol. The van der Waals surface area contributed by atoms with Crippen LogP contribution < -0.4 is 5.32 Å². The van der Waals surface area contributed by atoms with Gasteiger partial charge >= 0.3 is 0 Å². The molecule has 0 bridgehead atoms. The summed E-state index contributed by atoms with van der Waals surface area (Å²) in [5.41, 5.74) is 3.71. The molecule has 3 rings (SSSR count). The van der Waals surface area contributed by atoms with E-state index in [4.69, 9.17) is 14.7 Å². The van der Waals surface area contributed by atoms with Crippen molar-refractivity contribution in [3.63, 3.8) is 0 Å². The quantitative estimate of drug-likeness (QED) is 0.850. The number of aromatic nitrogens is 2. The molecule has 1 fully saturated rings. The van der Waals surface area contributed by atoms with Crippen LogP contribution in [0.5, 0.6) is 0 Å². The number of nitrogens with zero attached hydrogens (tertiary/aromatic N) is 3. The minimum Gasteiger partial charge on any atom is -0.368 e. The number of hydrogen-bond donors (Lipinski definition) is 1. The van der Waals surface area contributed by atoms with E-state index in [1.165, 1.54) is 17.0 Å². The molecule has 19 heavy (non-hydrogen) atoms. The Kier molecular flexibility index (Phi) is 3.77. The van der Waals surface area contributed by atoms with Crippen molar-refractivity contribution in [1.29, 1.82) is 0 Å². The number of morpholine rings is 1. The summed E-state index contributed by atoms with van der Waals surface area (Å²) in [6.07, 6.45) is 1.99. The third-order valence-corrected chi connectivity index (χ3v) is 3.93. The van der Waals surface area contributed by atoms with Crippen LogP contribution in [0, 0.1) is 0 Å². The zero-order chi connectivity index (χ0) is 13.2. The normalized spacial score (nSPS) is 24.2. The molecule has 2 aliphatic rings. The van der Waals surface area contributed by atoms with Crippen LogP contribution in [0.1, 0.15) is 35.8 Å². The Morgan fingerprint density at radius 2 is 2.32 bits per heavy atom. The van der Waals surface area contributed by atoms with Crippen molar-refractivity contribution in [3.8, 4) is 0 Å². The Balaban J connectivity index is 1.93. The predicted octanol–water partition coefficient (Wildman–Crippen LogP) is 0.688. The van der Waals surface area contributed by atoms with Crippen LogP contribution in [0.3, 0.4) is 0 Å². The zero-order valence-electron chi connectivity index (χ0n) is 11.8. The van der Waals surface area contributed by atoms with Crippen LogP contribution in [0.4, 0.5) is 0 Å². The molecule has 0 radical (unpaired) electrons. The molecule has 3 heterocycles. The molecule has 1 unspecified atom stereocenters. The highest BCUT2D eigenvalue weighted by Gasteiger charge is 2.25. The predicted molar refractivity (Wildman–Crippen MR) is 73.0 cm³/mol. The van der Waals surface area contributed by atoms with Gasteiger partial charge in [0.25, 0.3) is 0 Å². The van der Waals surface area contributed by atoms with Crippen LogP contribution in [0.25, 0.3) is 0 Å². The second-order valence-corrected chi connectivity index (χ2v) is 5.36. The zero-order valence-corrected chi connectivity index (χ0v) is 11.8. The molecular formula is C14H22N4O. The Hall–Kier alpha value is -1.04. The van der Waals surface area contributed by atoms with Gasteiger partial charge in [-0.3, -0.25) is 0 Å². The van der Waals surface area contributed by atoms with E-state index in [1.807, 2.05) is 0 Å². The summed E-state index contributed by atoms with van der Waals surface area (Å²) in [5, 5.41) is 3.40. The molecule has 104 valence electrons. The Bertz CT molecular complexity index is 446. The number of hydrogen-bond acceptors (Lipinski definition) is 5. The highest BCUT2D eigenvalue weighted by molar-refractivity contribution is 5.29. The van der Waals surface area contributed by atoms with E-state index in [0.29, 0.717) is 0 Å². The summed E-state index contributed by atoms with van der Waals surface area (Å²) in [5.74, 6) is 0.879. The van der Waals surface area contributed by atoms with Gasteiger partial charge in [0.1, 0.15) is 6.10 Å². The molecule has 5 heteroatoms. The van der Waals surface area contributed by atoms with Crippen molar-refractivity contribution in [2.24, 2.45) is 0 Å². The van der Waals surface area contributed by atoms with Gasteiger partial charge in [0.2, 0.25) is 0 Å². The molecule has 0 aliphatic carbocycles. The first kappa shape index (κ1) is 13.0. The Labute approximate surface area is 114 Å². The van der Waals surface area contributed by atoms with Crippen molar-refractivity contribution in [3.05, 3.63) is 22.8 Å². The van der Waals surface area contributed by atoms with Gasteiger partial charge in [-0.15, -0.1) is 0 Å². The lowest BCUT2D eigenvalue weighted by molar-refractivity contribution is -0.0257. The fourth-order valence-corrected chi connectivity index (χ4v) is 2.80. The first-order valence-corrected chi connectivity index (χ1v) is 7.17. The number of nitrogens with one attached hydrogen (secondary N) is 1. The average Bonchev–Trinajstić information content (AvgIpc) is 2.46. The molecule has 0 amide bonds. The summed E-state index contributed by atoms with van der Waals surface area (Å²) < 4.78 is 5.84. The molecule has 5 nitrogen and oxygen atoms in total. The van der Waals surface area contributed by atoms with Crippen LogP contribution in [-0.2, 0) is 24.1 Å². The summed E-state index contributed by atoms with van der Waals surface area (Å²) in [6, 6.07) is 0. The Morgan fingerprint density at radius 1 is 1.42 bits per heavy atom. The topological polar surface area (TPSA) is 50.3 Å². The maximum absolute atomic E-state index is 5.84. The first-order chi connectivity index (χ1) is 9.28. The highest BCUT2D eigenvalue weighted by Crippen LogP contribution is 2.23. The third kappa shape index (κ3) is 2.63. The standard InChI is InChI=1S/C14H22N4O/c1-3-11-10-8-15-5-4-12(10)17-14(16-11)13-9-18(2)6-7-19-13/h13,15H,3-9H2,1-2H3. The lowest BCUT2D eigenvalue weighted by Crippen LogP contribution is -2.36. The maximum atomic E-state index is 5.84. The number of likely N-dealkylation sites (N-methyl/N-ethyl adjacent to an activating group) is 1. The SMILES string of the molecule is CCc1nc(C2CN(C)CCO2)nc2c1CNCC2. The largest absolute Gasteiger partial charge is 0.368 e. The number of ether oxygens (including phenoxy) is 1. The van der Waals surface area contributed by atoms with Gasteiger partial charge in [-0.2, -0.15) is 0 Å². The van der Waals surface area contributed by atoms with Gasteiger partial charge in [0.15, 0.2) is 5.82 Å².